The normalized spacial score (nSPS) is 18.9. The van der Waals surface area contributed by atoms with Gasteiger partial charge in [0.1, 0.15) is 6.33 Å². The minimum atomic E-state index is -0.442. The lowest BCUT2D eigenvalue weighted by Gasteiger charge is -2.46. The van der Waals surface area contributed by atoms with Crippen LogP contribution in [-0.2, 0) is 11.3 Å². The van der Waals surface area contributed by atoms with Crippen molar-refractivity contribution >= 4 is 5.91 Å². The number of likely N-dealkylation sites (tertiary alicyclic amines) is 1. The molecule has 1 aromatic heterocycles. The molecule has 2 heterocycles. The van der Waals surface area contributed by atoms with Crippen molar-refractivity contribution in [3.63, 3.8) is 0 Å². The highest BCUT2D eigenvalue weighted by atomic mass is 16.5. The van der Waals surface area contributed by atoms with Crippen molar-refractivity contribution in [2.45, 2.75) is 18.6 Å². The number of β-lactam (4-membered cyclic amide) rings is 1. The standard InChI is InChI=1S/C19H19N5O3/c1-26-15-9-8-13(10-16(15)27-2)11-23-17(14-6-4-3-5-7-14)18(19(23)25)24-12-20-21-22-24/h3-10,12,17-18H,11H2,1-2H3/t17-,18-/m0/s1. The Balaban J connectivity index is 1.64. The van der Waals surface area contributed by atoms with Crippen LogP contribution in [0.2, 0.25) is 0 Å². The number of benzene rings is 2. The highest BCUT2D eigenvalue weighted by Crippen LogP contribution is 2.44. The van der Waals surface area contributed by atoms with Gasteiger partial charge in [-0.3, -0.25) is 4.79 Å². The van der Waals surface area contributed by atoms with Gasteiger partial charge in [0.15, 0.2) is 17.5 Å². The monoisotopic (exact) mass is 365 g/mol. The number of carbonyl (C=O) groups is 1. The third-order valence-corrected chi connectivity index (χ3v) is 4.76. The van der Waals surface area contributed by atoms with Crippen LogP contribution in [0.15, 0.2) is 54.9 Å². The van der Waals surface area contributed by atoms with Crippen LogP contribution < -0.4 is 9.47 Å². The van der Waals surface area contributed by atoms with E-state index in [0.717, 1.165) is 11.1 Å². The third kappa shape index (κ3) is 2.99. The molecule has 138 valence electrons. The molecule has 1 saturated heterocycles. The molecule has 1 aliphatic rings. The summed E-state index contributed by atoms with van der Waals surface area (Å²) in [5, 5.41) is 11.3. The van der Waals surface area contributed by atoms with E-state index in [-0.39, 0.29) is 11.9 Å². The lowest BCUT2D eigenvalue weighted by Crippen LogP contribution is -2.55. The number of carbonyl (C=O) groups excluding carboxylic acids is 1. The summed E-state index contributed by atoms with van der Waals surface area (Å²) in [6, 6.07) is 15.0. The van der Waals surface area contributed by atoms with Crippen molar-refractivity contribution in [3.8, 4) is 11.5 Å². The summed E-state index contributed by atoms with van der Waals surface area (Å²) < 4.78 is 12.2. The highest BCUT2D eigenvalue weighted by Gasteiger charge is 2.49. The summed E-state index contributed by atoms with van der Waals surface area (Å²) in [5.41, 5.74) is 2.00. The van der Waals surface area contributed by atoms with E-state index in [2.05, 4.69) is 15.5 Å². The second-order valence-electron chi connectivity index (χ2n) is 6.25. The molecule has 0 N–H and O–H groups in total. The summed E-state index contributed by atoms with van der Waals surface area (Å²) in [4.78, 5) is 14.7. The first-order valence-electron chi connectivity index (χ1n) is 8.51. The zero-order chi connectivity index (χ0) is 18.8. The largest absolute Gasteiger partial charge is 0.493 e. The van der Waals surface area contributed by atoms with Crippen molar-refractivity contribution in [2.75, 3.05) is 14.2 Å². The van der Waals surface area contributed by atoms with Crippen LogP contribution in [0.3, 0.4) is 0 Å². The van der Waals surface area contributed by atoms with E-state index in [1.807, 2.05) is 53.4 Å². The van der Waals surface area contributed by atoms with E-state index in [1.165, 1.54) is 11.0 Å². The minimum absolute atomic E-state index is 0.0223. The van der Waals surface area contributed by atoms with Crippen molar-refractivity contribution < 1.29 is 14.3 Å². The molecule has 4 rings (SSSR count). The fourth-order valence-electron chi connectivity index (χ4n) is 3.45. The Bertz CT molecular complexity index is 930. The van der Waals surface area contributed by atoms with E-state index in [9.17, 15) is 4.79 Å². The molecule has 8 nitrogen and oxygen atoms in total. The molecule has 1 fully saturated rings. The fourth-order valence-corrected chi connectivity index (χ4v) is 3.45. The number of hydrogen-bond donors (Lipinski definition) is 0. The topological polar surface area (TPSA) is 82.4 Å². The van der Waals surface area contributed by atoms with Crippen LogP contribution in [0, 0.1) is 0 Å². The quantitative estimate of drug-likeness (QED) is 0.622. The Morgan fingerprint density at radius 2 is 1.78 bits per heavy atom. The predicted octanol–water partition coefficient (Wildman–Crippen LogP) is 2.02. The van der Waals surface area contributed by atoms with Gasteiger partial charge in [-0.15, -0.1) is 5.10 Å². The summed E-state index contributed by atoms with van der Waals surface area (Å²) in [5.74, 6) is 1.27. The average Bonchev–Trinajstić information content (AvgIpc) is 3.24. The second-order valence-corrected chi connectivity index (χ2v) is 6.25. The third-order valence-electron chi connectivity index (χ3n) is 4.76. The molecule has 2 aromatic carbocycles. The summed E-state index contributed by atoms with van der Waals surface area (Å²) >= 11 is 0. The van der Waals surface area contributed by atoms with Gasteiger partial charge in [-0.1, -0.05) is 36.4 Å². The number of tetrazole rings is 1. The molecular weight excluding hydrogens is 346 g/mol. The Morgan fingerprint density at radius 3 is 2.44 bits per heavy atom. The Morgan fingerprint density at radius 1 is 1.00 bits per heavy atom. The maximum atomic E-state index is 12.9. The highest BCUT2D eigenvalue weighted by molar-refractivity contribution is 5.88. The molecule has 3 aromatic rings. The minimum Gasteiger partial charge on any atom is -0.493 e. The number of amides is 1. The SMILES string of the molecule is COc1ccc(CN2C(=O)[C@@H](n3cnnn3)[C@@H]2c2ccccc2)cc1OC. The molecule has 27 heavy (non-hydrogen) atoms. The molecule has 2 atom stereocenters. The van der Waals surface area contributed by atoms with Gasteiger partial charge in [-0.2, -0.15) is 0 Å². The van der Waals surface area contributed by atoms with E-state index >= 15 is 0 Å². The second kappa shape index (κ2) is 7.06. The Hall–Kier alpha value is -3.42. The van der Waals surface area contributed by atoms with Gasteiger partial charge in [0.05, 0.1) is 20.3 Å². The van der Waals surface area contributed by atoms with E-state index in [0.29, 0.717) is 18.0 Å². The van der Waals surface area contributed by atoms with E-state index < -0.39 is 6.04 Å². The molecule has 0 saturated carbocycles. The first-order chi connectivity index (χ1) is 13.2. The number of methoxy groups -OCH3 is 2. The fraction of sp³-hybridized carbons (Fsp3) is 0.263. The van der Waals surface area contributed by atoms with Gasteiger partial charge in [0.25, 0.3) is 5.91 Å². The van der Waals surface area contributed by atoms with Crippen LogP contribution in [0.1, 0.15) is 23.2 Å². The maximum absolute atomic E-state index is 12.9. The maximum Gasteiger partial charge on any atom is 0.251 e. The number of rotatable bonds is 6. The molecule has 0 bridgehead atoms. The molecule has 1 aliphatic heterocycles. The van der Waals surface area contributed by atoms with Gasteiger partial charge < -0.3 is 14.4 Å². The van der Waals surface area contributed by atoms with Gasteiger partial charge >= 0.3 is 0 Å². The van der Waals surface area contributed by atoms with E-state index in [4.69, 9.17) is 9.47 Å². The van der Waals surface area contributed by atoms with Gasteiger partial charge in [0.2, 0.25) is 0 Å². The number of ether oxygens (including phenoxy) is 2. The Labute approximate surface area is 156 Å². The molecule has 0 unspecified atom stereocenters. The predicted molar refractivity (Wildman–Crippen MR) is 96.1 cm³/mol. The zero-order valence-electron chi connectivity index (χ0n) is 15.0. The lowest BCUT2D eigenvalue weighted by molar-refractivity contribution is -0.157. The van der Waals surface area contributed by atoms with Gasteiger partial charge in [0, 0.05) is 6.54 Å². The Kier molecular flexibility index (Phi) is 4.45. The van der Waals surface area contributed by atoms with Crippen LogP contribution in [0.4, 0.5) is 0 Å². The molecule has 0 spiro atoms. The summed E-state index contributed by atoms with van der Waals surface area (Å²) in [6.45, 7) is 0.456. The van der Waals surface area contributed by atoms with Crippen molar-refractivity contribution in [1.82, 2.24) is 25.1 Å². The first kappa shape index (κ1) is 17.0. The smallest absolute Gasteiger partial charge is 0.251 e. The molecular formula is C19H19N5O3. The number of nitrogens with zero attached hydrogens (tertiary/aromatic N) is 5. The molecule has 8 heteroatoms. The summed E-state index contributed by atoms with van der Waals surface area (Å²) in [7, 11) is 3.19. The molecule has 0 aliphatic carbocycles. The van der Waals surface area contributed by atoms with Crippen LogP contribution >= 0.6 is 0 Å². The molecule has 0 radical (unpaired) electrons. The lowest BCUT2D eigenvalue weighted by atomic mass is 9.88. The van der Waals surface area contributed by atoms with Crippen LogP contribution in [-0.4, -0.2) is 45.2 Å². The summed E-state index contributed by atoms with van der Waals surface area (Å²) in [6.07, 6.45) is 1.48. The number of hydrogen-bond acceptors (Lipinski definition) is 6. The van der Waals surface area contributed by atoms with Crippen LogP contribution in [0.5, 0.6) is 11.5 Å². The van der Waals surface area contributed by atoms with E-state index in [1.54, 1.807) is 14.2 Å². The van der Waals surface area contributed by atoms with Crippen molar-refractivity contribution in [2.24, 2.45) is 0 Å². The first-order valence-corrected chi connectivity index (χ1v) is 8.51. The zero-order valence-corrected chi connectivity index (χ0v) is 15.0. The van der Waals surface area contributed by atoms with Crippen LogP contribution in [0.25, 0.3) is 0 Å². The van der Waals surface area contributed by atoms with Crippen molar-refractivity contribution in [3.05, 3.63) is 66.0 Å². The molecule has 1 amide bonds. The van der Waals surface area contributed by atoms with Gasteiger partial charge in [-0.25, -0.2) is 4.68 Å². The van der Waals surface area contributed by atoms with Crippen molar-refractivity contribution in [1.29, 1.82) is 0 Å². The average molecular weight is 365 g/mol. The van der Waals surface area contributed by atoms with Gasteiger partial charge in [-0.05, 0) is 33.7 Å². The number of aromatic nitrogens is 4.